The molecule has 0 unspecified atom stereocenters. The Morgan fingerprint density at radius 3 is 2.52 bits per heavy atom. The summed E-state index contributed by atoms with van der Waals surface area (Å²) < 4.78 is 40.7. The number of hydrogen-bond acceptors (Lipinski definition) is 4. The maximum absolute atomic E-state index is 13.0. The Balaban J connectivity index is 1.66. The number of alkyl halides is 3. The van der Waals surface area contributed by atoms with Crippen molar-refractivity contribution < 1.29 is 27.9 Å². The van der Waals surface area contributed by atoms with Gasteiger partial charge in [-0.3, -0.25) is 9.36 Å². The van der Waals surface area contributed by atoms with Gasteiger partial charge in [-0.1, -0.05) is 18.2 Å². The van der Waals surface area contributed by atoms with Crippen LogP contribution in [0.3, 0.4) is 0 Å². The summed E-state index contributed by atoms with van der Waals surface area (Å²) >= 11 is 0. The zero-order chi connectivity index (χ0) is 19.6. The number of aromatic nitrogens is 3. The first-order valence-corrected chi connectivity index (χ1v) is 8.04. The Kier molecular flexibility index (Phi) is 5.02. The van der Waals surface area contributed by atoms with E-state index in [2.05, 4.69) is 15.5 Å². The van der Waals surface area contributed by atoms with Crippen LogP contribution in [-0.2, 0) is 11.3 Å². The molecule has 1 aliphatic heterocycles. The number of carbonyl (C=O) groups is 2. The number of carbonyl (C=O) groups excluding carboxylic acids is 1. The Bertz CT molecular complexity index is 824. The van der Waals surface area contributed by atoms with Gasteiger partial charge < -0.3 is 15.3 Å². The summed E-state index contributed by atoms with van der Waals surface area (Å²) in [4.78, 5) is 24.2. The molecule has 2 atom stereocenters. The molecule has 1 saturated heterocycles. The summed E-state index contributed by atoms with van der Waals surface area (Å²) in [6, 6.07) is 8.28. The second-order valence-corrected chi connectivity index (χ2v) is 6.11. The van der Waals surface area contributed by atoms with E-state index in [4.69, 9.17) is 5.11 Å². The summed E-state index contributed by atoms with van der Waals surface area (Å²) in [5.74, 6) is -4.95. The minimum Gasteiger partial charge on any atom is -0.481 e. The van der Waals surface area contributed by atoms with E-state index in [9.17, 15) is 22.8 Å². The third-order valence-corrected chi connectivity index (χ3v) is 4.40. The number of amides is 2. The summed E-state index contributed by atoms with van der Waals surface area (Å²) in [7, 11) is 0. The Hall–Kier alpha value is -3.11. The summed E-state index contributed by atoms with van der Waals surface area (Å²) in [5, 5.41) is 19.2. The molecule has 1 fully saturated rings. The Morgan fingerprint density at radius 1 is 1.22 bits per heavy atom. The molecule has 2 amide bonds. The monoisotopic (exact) mass is 383 g/mol. The van der Waals surface area contributed by atoms with Gasteiger partial charge in [0.2, 0.25) is 0 Å². The van der Waals surface area contributed by atoms with Crippen LogP contribution in [0.5, 0.6) is 0 Å². The number of likely N-dealkylation sites (tertiary alicyclic amines) is 1. The number of aliphatic carboxylic acids is 1. The van der Waals surface area contributed by atoms with Crippen molar-refractivity contribution in [3.8, 4) is 5.69 Å². The lowest BCUT2D eigenvalue weighted by atomic mass is 9.96. The first-order chi connectivity index (χ1) is 12.8. The fraction of sp³-hybridized carbons (Fsp3) is 0.375. The average molecular weight is 383 g/mol. The first-order valence-electron chi connectivity index (χ1n) is 8.04. The second kappa shape index (κ2) is 7.25. The van der Waals surface area contributed by atoms with E-state index in [0.717, 1.165) is 10.6 Å². The minimum absolute atomic E-state index is 0.0708. The maximum atomic E-state index is 13.0. The number of nitrogens with zero attached hydrogens (tertiary/aromatic N) is 4. The fourth-order valence-electron chi connectivity index (χ4n) is 3.00. The number of rotatable bonds is 4. The normalized spacial score (nSPS) is 19.9. The number of hydrogen-bond donors (Lipinski definition) is 2. The number of carboxylic acids is 1. The van der Waals surface area contributed by atoms with Gasteiger partial charge in [0.05, 0.1) is 18.4 Å². The quantitative estimate of drug-likeness (QED) is 0.837. The zero-order valence-corrected chi connectivity index (χ0v) is 13.9. The van der Waals surface area contributed by atoms with Crippen LogP contribution < -0.4 is 5.32 Å². The maximum Gasteiger partial charge on any atom is 0.394 e. The molecule has 0 spiro atoms. The molecule has 2 heterocycles. The molecular formula is C16H16F3N5O3. The van der Waals surface area contributed by atoms with Gasteiger partial charge in [-0.05, 0) is 12.1 Å². The third-order valence-electron chi connectivity index (χ3n) is 4.40. The Labute approximate surface area is 151 Å². The molecule has 3 rings (SSSR count). The minimum atomic E-state index is -4.69. The van der Waals surface area contributed by atoms with Gasteiger partial charge in [0, 0.05) is 18.8 Å². The lowest BCUT2D eigenvalue weighted by Gasteiger charge is -2.18. The van der Waals surface area contributed by atoms with Crippen LogP contribution in [0.25, 0.3) is 5.69 Å². The van der Waals surface area contributed by atoms with Gasteiger partial charge in [0.15, 0.2) is 5.82 Å². The van der Waals surface area contributed by atoms with Gasteiger partial charge >= 0.3 is 18.2 Å². The smallest absolute Gasteiger partial charge is 0.394 e. The number of benzene rings is 1. The van der Waals surface area contributed by atoms with Crippen molar-refractivity contribution in [3.05, 3.63) is 42.5 Å². The standard InChI is InChI=1S/C16H16F3N5O3/c17-16(18,19)12-8-23(7-11(12)14(25)26)15(27)20-6-13-22-21-9-24(13)10-4-2-1-3-5-10/h1-5,9,11-12H,6-8H2,(H,20,27)(H,25,26)/t11-,12-/m1/s1. The number of urea groups is 1. The van der Waals surface area contributed by atoms with Crippen LogP contribution in [0.15, 0.2) is 36.7 Å². The van der Waals surface area contributed by atoms with Crippen LogP contribution in [0.2, 0.25) is 0 Å². The second-order valence-electron chi connectivity index (χ2n) is 6.11. The number of para-hydroxylation sites is 1. The van der Waals surface area contributed by atoms with Crippen molar-refractivity contribution in [2.45, 2.75) is 12.7 Å². The fourth-order valence-corrected chi connectivity index (χ4v) is 3.00. The molecule has 8 nitrogen and oxygen atoms in total. The predicted octanol–water partition coefficient (Wildman–Crippen LogP) is 1.67. The molecule has 0 saturated carbocycles. The van der Waals surface area contributed by atoms with Crippen LogP contribution in [0.4, 0.5) is 18.0 Å². The van der Waals surface area contributed by atoms with E-state index in [1.165, 1.54) is 6.33 Å². The molecule has 1 aliphatic rings. The molecule has 144 valence electrons. The molecular weight excluding hydrogens is 367 g/mol. The highest BCUT2D eigenvalue weighted by Crippen LogP contribution is 2.37. The van der Waals surface area contributed by atoms with Crippen LogP contribution in [0, 0.1) is 11.8 Å². The van der Waals surface area contributed by atoms with Gasteiger partial charge in [0.25, 0.3) is 0 Å². The first kappa shape index (κ1) is 18.7. The van der Waals surface area contributed by atoms with E-state index in [0.29, 0.717) is 5.82 Å². The molecule has 27 heavy (non-hydrogen) atoms. The zero-order valence-electron chi connectivity index (χ0n) is 13.9. The number of halogens is 3. The highest BCUT2D eigenvalue weighted by molar-refractivity contribution is 5.77. The molecule has 0 aliphatic carbocycles. The van der Waals surface area contributed by atoms with E-state index in [1.54, 1.807) is 16.7 Å². The molecule has 2 N–H and O–H groups in total. The molecule has 2 aromatic rings. The van der Waals surface area contributed by atoms with Gasteiger partial charge in [0.1, 0.15) is 6.33 Å². The van der Waals surface area contributed by atoms with Crippen LogP contribution >= 0.6 is 0 Å². The van der Waals surface area contributed by atoms with Crippen molar-refractivity contribution in [2.24, 2.45) is 11.8 Å². The summed E-state index contributed by atoms with van der Waals surface area (Å²) in [6.45, 7) is -1.27. The van der Waals surface area contributed by atoms with Crippen molar-refractivity contribution >= 4 is 12.0 Å². The lowest BCUT2D eigenvalue weighted by molar-refractivity contribution is -0.187. The SMILES string of the molecule is O=C(O)[C@@H]1CN(C(=O)NCc2nncn2-c2ccccc2)C[C@H]1C(F)(F)F. The highest BCUT2D eigenvalue weighted by atomic mass is 19.4. The molecule has 1 aromatic carbocycles. The summed E-state index contributed by atoms with van der Waals surface area (Å²) in [5.41, 5.74) is 0.760. The van der Waals surface area contributed by atoms with Crippen molar-refractivity contribution in [3.63, 3.8) is 0 Å². The number of nitrogens with one attached hydrogen (secondary N) is 1. The molecule has 0 bridgehead atoms. The molecule has 11 heteroatoms. The average Bonchev–Trinajstić information content (AvgIpc) is 3.27. The van der Waals surface area contributed by atoms with Crippen molar-refractivity contribution in [2.75, 3.05) is 13.1 Å². The van der Waals surface area contributed by atoms with E-state index in [1.807, 2.05) is 18.2 Å². The van der Waals surface area contributed by atoms with E-state index >= 15 is 0 Å². The summed E-state index contributed by atoms with van der Waals surface area (Å²) in [6.07, 6.45) is -3.24. The van der Waals surface area contributed by atoms with Gasteiger partial charge in [-0.25, -0.2) is 4.79 Å². The largest absolute Gasteiger partial charge is 0.481 e. The highest BCUT2D eigenvalue weighted by Gasteiger charge is 2.53. The van der Waals surface area contributed by atoms with Crippen LogP contribution in [-0.4, -0.2) is 56.0 Å². The number of carboxylic acid groups (broad SMARTS) is 1. The van der Waals surface area contributed by atoms with E-state index in [-0.39, 0.29) is 6.54 Å². The molecule has 0 radical (unpaired) electrons. The van der Waals surface area contributed by atoms with Crippen molar-refractivity contribution in [1.82, 2.24) is 25.0 Å². The van der Waals surface area contributed by atoms with Crippen molar-refractivity contribution in [1.29, 1.82) is 0 Å². The lowest BCUT2D eigenvalue weighted by Crippen LogP contribution is -2.39. The predicted molar refractivity (Wildman–Crippen MR) is 85.8 cm³/mol. The van der Waals surface area contributed by atoms with Crippen LogP contribution in [0.1, 0.15) is 5.82 Å². The topological polar surface area (TPSA) is 100 Å². The van der Waals surface area contributed by atoms with E-state index < -0.39 is 43.1 Å². The third kappa shape index (κ3) is 4.01. The Morgan fingerprint density at radius 2 is 1.93 bits per heavy atom. The van der Waals surface area contributed by atoms with Gasteiger partial charge in [-0.2, -0.15) is 13.2 Å². The van der Waals surface area contributed by atoms with Gasteiger partial charge in [-0.15, -0.1) is 10.2 Å². The molecule has 1 aromatic heterocycles.